The van der Waals surface area contributed by atoms with E-state index in [9.17, 15) is 14.6 Å². The number of aromatic nitrogens is 4. The molecule has 8 nitrogen and oxygen atoms in total. The average Bonchev–Trinajstić information content (AvgIpc) is 2.93. The largest absolute Gasteiger partial charge is 0.466 e. The number of anilines is 1. The van der Waals surface area contributed by atoms with Gasteiger partial charge in [-0.05, 0) is 11.6 Å². The Bertz CT molecular complexity index is 706. The van der Waals surface area contributed by atoms with Crippen molar-refractivity contribution in [2.75, 3.05) is 5.73 Å². The molecule has 0 amide bonds. The van der Waals surface area contributed by atoms with Crippen LogP contribution < -0.4 is 5.73 Å². The summed E-state index contributed by atoms with van der Waals surface area (Å²) in [4.78, 5) is 11.7. The van der Waals surface area contributed by atoms with Crippen molar-refractivity contribution in [1.29, 1.82) is 0 Å². The van der Waals surface area contributed by atoms with Gasteiger partial charge in [0, 0.05) is 0 Å². The molecule has 106 valence electrons. The van der Waals surface area contributed by atoms with Crippen molar-refractivity contribution in [1.82, 2.24) is 19.5 Å². The van der Waals surface area contributed by atoms with Crippen LogP contribution in [0.25, 0.3) is 11.2 Å². The van der Waals surface area contributed by atoms with Gasteiger partial charge in [0.2, 0.25) is 11.5 Å². The lowest BCUT2D eigenvalue weighted by atomic mass is 10.2. The fourth-order valence-corrected chi connectivity index (χ4v) is 2.18. The maximum absolute atomic E-state index is 12.5. The normalized spacial score (nSPS) is 28.2. The molecule has 1 aliphatic rings. The van der Waals surface area contributed by atoms with Crippen LogP contribution in [-0.2, 0) is 4.74 Å². The fourth-order valence-electron chi connectivity index (χ4n) is 2.01. The standard InChI is InChI=1S/C10H9ClFN5O3/c11-10-15-7(13)4-8(16-10)17(2-14-4)9-6(19)5(18)3(1-12)20-9/h1-2,5-6,9,18-19H,(H2,13,15,16)/b3-1+/t5-,6-,9-/m1/s1. The first-order valence-electron chi connectivity index (χ1n) is 5.51. The van der Waals surface area contributed by atoms with Gasteiger partial charge in [-0.2, -0.15) is 9.97 Å². The Morgan fingerprint density at radius 2 is 2.20 bits per heavy atom. The zero-order valence-corrected chi connectivity index (χ0v) is 10.6. The molecule has 1 saturated heterocycles. The van der Waals surface area contributed by atoms with Crippen molar-refractivity contribution < 1.29 is 19.3 Å². The van der Waals surface area contributed by atoms with E-state index in [0.717, 1.165) is 0 Å². The summed E-state index contributed by atoms with van der Waals surface area (Å²) >= 11 is 5.71. The number of nitrogen functional groups attached to an aromatic ring is 1. The van der Waals surface area contributed by atoms with Gasteiger partial charge in [0.15, 0.2) is 17.2 Å². The van der Waals surface area contributed by atoms with E-state index in [-0.39, 0.29) is 34.4 Å². The molecule has 2 aromatic heterocycles. The first-order chi connectivity index (χ1) is 9.52. The minimum Gasteiger partial charge on any atom is -0.466 e. The molecule has 3 atom stereocenters. The Labute approximate surface area is 116 Å². The maximum Gasteiger partial charge on any atom is 0.226 e. The third kappa shape index (κ3) is 1.79. The lowest BCUT2D eigenvalue weighted by molar-refractivity contribution is -0.0120. The van der Waals surface area contributed by atoms with Crippen LogP contribution in [-0.4, -0.2) is 41.9 Å². The van der Waals surface area contributed by atoms with Gasteiger partial charge in [0.05, 0.1) is 0 Å². The number of nitrogens with zero attached hydrogens (tertiary/aromatic N) is 4. The molecule has 0 saturated carbocycles. The molecule has 0 aromatic carbocycles. The molecule has 20 heavy (non-hydrogen) atoms. The number of hydrogen-bond acceptors (Lipinski definition) is 7. The third-order valence-corrected chi connectivity index (χ3v) is 3.14. The summed E-state index contributed by atoms with van der Waals surface area (Å²) < 4.78 is 19.0. The highest BCUT2D eigenvalue weighted by Gasteiger charge is 2.42. The zero-order chi connectivity index (χ0) is 14.4. The number of imidazole rings is 1. The topological polar surface area (TPSA) is 119 Å². The van der Waals surface area contributed by atoms with Crippen molar-refractivity contribution in [3.05, 3.63) is 23.7 Å². The molecule has 0 bridgehead atoms. The summed E-state index contributed by atoms with van der Waals surface area (Å²) in [5.74, 6) is -0.314. The molecule has 0 spiro atoms. The van der Waals surface area contributed by atoms with Crippen molar-refractivity contribution in [2.24, 2.45) is 0 Å². The summed E-state index contributed by atoms with van der Waals surface area (Å²) in [5, 5.41) is 19.4. The van der Waals surface area contributed by atoms with E-state index in [4.69, 9.17) is 22.1 Å². The maximum atomic E-state index is 12.5. The van der Waals surface area contributed by atoms with Crippen LogP contribution >= 0.6 is 11.6 Å². The van der Waals surface area contributed by atoms with Crippen LogP contribution in [0.15, 0.2) is 18.4 Å². The number of fused-ring (bicyclic) bond motifs is 1. The molecule has 3 rings (SSSR count). The molecule has 0 unspecified atom stereocenters. The van der Waals surface area contributed by atoms with E-state index < -0.39 is 18.4 Å². The van der Waals surface area contributed by atoms with Gasteiger partial charge in [-0.3, -0.25) is 4.57 Å². The lowest BCUT2D eigenvalue weighted by Gasteiger charge is -2.15. The highest BCUT2D eigenvalue weighted by molar-refractivity contribution is 6.28. The average molecular weight is 302 g/mol. The van der Waals surface area contributed by atoms with Crippen LogP contribution in [0.1, 0.15) is 6.23 Å². The minimum absolute atomic E-state index is 0.0630. The molecular weight excluding hydrogens is 293 g/mol. The predicted octanol–water partition coefficient (Wildman–Crippen LogP) is 0.123. The van der Waals surface area contributed by atoms with E-state index >= 15 is 0 Å². The number of halogens is 2. The van der Waals surface area contributed by atoms with E-state index in [0.29, 0.717) is 0 Å². The van der Waals surface area contributed by atoms with Crippen molar-refractivity contribution in [3.63, 3.8) is 0 Å². The van der Waals surface area contributed by atoms with Crippen LogP contribution in [0, 0.1) is 0 Å². The summed E-state index contributed by atoms with van der Waals surface area (Å²) in [6, 6.07) is 0. The van der Waals surface area contributed by atoms with E-state index in [1.807, 2.05) is 0 Å². The van der Waals surface area contributed by atoms with Gasteiger partial charge >= 0.3 is 0 Å². The molecule has 4 N–H and O–H groups in total. The Morgan fingerprint density at radius 1 is 1.45 bits per heavy atom. The molecule has 0 radical (unpaired) electrons. The minimum atomic E-state index is -1.47. The van der Waals surface area contributed by atoms with Gasteiger partial charge in [-0.25, -0.2) is 9.37 Å². The predicted molar refractivity (Wildman–Crippen MR) is 66.1 cm³/mol. The highest BCUT2D eigenvalue weighted by atomic mass is 35.5. The van der Waals surface area contributed by atoms with Crippen LogP contribution in [0.5, 0.6) is 0 Å². The number of ether oxygens (including phenoxy) is 1. The first kappa shape index (κ1) is 13.0. The second kappa shape index (κ2) is 4.54. The molecule has 1 fully saturated rings. The van der Waals surface area contributed by atoms with E-state index in [1.165, 1.54) is 10.9 Å². The van der Waals surface area contributed by atoms with E-state index in [1.54, 1.807) is 0 Å². The van der Waals surface area contributed by atoms with Crippen molar-refractivity contribution in [2.45, 2.75) is 18.4 Å². The van der Waals surface area contributed by atoms with Crippen molar-refractivity contribution >= 4 is 28.6 Å². The number of aliphatic hydroxyl groups is 2. The monoisotopic (exact) mass is 301 g/mol. The number of rotatable bonds is 1. The SMILES string of the molecule is Nc1nc(Cl)nc2c1ncn2[C@@H]1O/C(=C/F)[C@@H](O)[C@H]1O. The van der Waals surface area contributed by atoms with Crippen LogP contribution in [0.2, 0.25) is 5.28 Å². The third-order valence-electron chi connectivity index (χ3n) is 2.97. The fraction of sp³-hybridized carbons (Fsp3) is 0.300. The van der Waals surface area contributed by atoms with Gasteiger partial charge in [-0.1, -0.05) is 0 Å². The second-order valence-electron chi connectivity index (χ2n) is 4.16. The summed E-state index contributed by atoms with van der Waals surface area (Å²) in [6.07, 6.45) is -2.58. The van der Waals surface area contributed by atoms with Crippen LogP contribution in [0.3, 0.4) is 0 Å². The molecule has 2 aromatic rings. The van der Waals surface area contributed by atoms with Gasteiger partial charge in [0.25, 0.3) is 0 Å². The molecule has 10 heteroatoms. The first-order valence-corrected chi connectivity index (χ1v) is 5.89. The van der Waals surface area contributed by atoms with Gasteiger partial charge < -0.3 is 20.7 Å². The summed E-state index contributed by atoms with van der Waals surface area (Å²) in [7, 11) is 0. The number of aliphatic hydroxyl groups excluding tert-OH is 2. The van der Waals surface area contributed by atoms with Gasteiger partial charge in [-0.15, -0.1) is 0 Å². The highest BCUT2D eigenvalue weighted by Crippen LogP contribution is 2.34. The van der Waals surface area contributed by atoms with Gasteiger partial charge in [0.1, 0.15) is 30.4 Å². The Kier molecular flexibility index (Phi) is 2.96. The Morgan fingerprint density at radius 3 is 2.85 bits per heavy atom. The lowest BCUT2D eigenvalue weighted by Crippen LogP contribution is -2.27. The summed E-state index contributed by atoms with van der Waals surface area (Å²) in [6.45, 7) is 0. The smallest absolute Gasteiger partial charge is 0.226 e. The Balaban J connectivity index is 2.12. The Hall–Kier alpha value is -1.97. The number of nitrogens with two attached hydrogens (primary N) is 1. The molecule has 0 aliphatic carbocycles. The van der Waals surface area contributed by atoms with E-state index in [2.05, 4.69) is 15.0 Å². The molecule has 1 aliphatic heterocycles. The molecule has 3 heterocycles. The summed E-state index contributed by atoms with van der Waals surface area (Å²) in [5.41, 5.74) is 6.12. The molecular formula is C10H9ClFN5O3. The zero-order valence-electron chi connectivity index (χ0n) is 9.81. The van der Waals surface area contributed by atoms with Crippen LogP contribution in [0.4, 0.5) is 10.2 Å². The van der Waals surface area contributed by atoms with Crippen molar-refractivity contribution in [3.8, 4) is 0 Å². The quantitative estimate of drug-likeness (QED) is 0.640. The number of hydrogen-bond donors (Lipinski definition) is 3. The second-order valence-corrected chi connectivity index (χ2v) is 4.50.